The zero-order chi connectivity index (χ0) is 21.9. The second-order valence-corrected chi connectivity index (χ2v) is 8.50. The Hall–Kier alpha value is -3.29. The average Bonchev–Trinajstić information content (AvgIpc) is 3.47. The Labute approximate surface area is 186 Å². The Morgan fingerprint density at radius 1 is 1.06 bits per heavy atom. The number of anilines is 2. The summed E-state index contributed by atoms with van der Waals surface area (Å²) in [5, 5.41) is 7.64. The maximum absolute atomic E-state index is 13.0. The van der Waals surface area contributed by atoms with Crippen LogP contribution in [0.15, 0.2) is 42.9 Å². The number of hydrogen-bond acceptors (Lipinski definition) is 5. The van der Waals surface area contributed by atoms with Crippen molar-refractivity contribution in [1.82, 2.24) is 24.6 Å². The number of aryl methyl sites for hydroxylation is 2. The molecule has 2 aliphatic rings. The molecule has 166 valence electrons. The molecule has 1 aliphatic carbocycles. The Kier molecular flexibility index (Phi) is 5.83. The van der Waals surface area contributed by atoms with E-state index >= 15 is 0 Å². The van der Waals surface area contributed by atoms with E-state index in [9.17, 15) is 9.18 Å². The number of carbonyl (C=O) groups excluding carboxylic acids is 1. The van der Waals surface area contributed by atoms with Gasteiger partial charge in [-0.2, -0.15) is 5.10 Å². The van der Waals surface area contributed by atoms with Crippen LogP contribution in [0, 0.1) is 5.82 Å². The molecule has 3 aromatic rings. The molecular weight excluding hydrogens is 407 g/mol. The third kappa shape index (κ3) is 4.35. The van der Waals surface area contributed by atoms with E-state index in [0.29, 0.717) is 18.8 Å². The molecule has 1 atom stereocenters. The van der Waals surface area contributed by atoms with Gasteiger partial charge in [-0.3, -0.25) is 14.5 Å². The predicted molar refractivity (Wildman–Crippen MR) is 119 cm³/mol. The van der Waals surface area contributed by atoms with E-state index in [2.05, 4.69) is 20.4 Å². The predicted octanol–water partition coefficient (Wildman–Crippen LogP) is 4.19. The monoisotopic (exact) mass is 434 g/mol. The Bertz CT molecular complexity index is 1080. The van der Waals surface area contributed by atoms with E-state index in [1.165, 1.54) is 36.4 Å². The maximum atomic E-state index is 13.0. The van der Waals surface area contributed by atoms with Crippen LogP contribution in [0.3, 0.4) is 0 Å². The second kappa shape index (κ2) is 9.06. The second-order valence-electron chi connectivity index (χ2n) is 8.50. The molecule has 7 nitrogen and oxygen atoms in total. The molecule has 5 rings (SSSR count). The average molecular weight is 435 g/mol. The molecule has 8 heteroatoms. The molecule has 1 N–H and O–H groups in total. The SMILES string of the molecule is O=C(CCn1ncc2c1CCCC2)N1CCC[C@H]1c1ccc(Nc2ccc(F)cn2)cn1. The molecule has 1 fully saturated rings. The van der Waals surface area contributed by atoms with Crippen molar-refractivity contribution in [3.8, 4) is 0 Å². The van der Waals surface area contributed by atoms with Crippen molar-refractivity contribution in [3.63, 3.8) is 0 Å². The topological polar surface area (TPSA) is 75.9 Å². The highest BCUT2D eigenvalue weighted by Crippen LogP contribution is 2.32. The van der Waals surface area contributed by atoms with Gasteiger partial charge in [0.1, 0.15) is 11.6 Å². The van der Waals surface area contributed by atoms with Crippen molar-refractivity contribution >= 4 is 17.4 Å². The number of halogens is 1. The summed E-state index contributed by atoms with van der Waals surface area (Å²) in [5.41, 5.74) is 4.32. The number of pyridine rings is 2. The molecule has 0 spiro atoms. The number of carbonyl (C=O) groups is 1. The van der Waals surface area contributed by atoms with Crippen LogP contribution in [0.25, 0.3) is 0 Å². The lowest BCUT2D eigenvalue weighted by molar-refractivity contribution is -0.132. The molecule has 0 aromatic carbocycles. The van der Waals surface area contributed by atoms with Crippen LogP contribution in [-0.2, 0) is 24.2 Å². The third-order valence-corrected chi connectivity index (χ3v) is 6.38. The molecule has 0 saturated carbocycles. The summed E-state index contributed by atoms with van der Waals surface area (Å²) in [6.07, 6.45) is 11.8. The first-order valence-electron chi connectivity index (χ1n) is 11.3. The summed E-state index contributed by atoms with van der Waals surface area (Å²) in [6, 6.07) is 6.82. The van der Waals surface area contributed by atoms with Gasteiger partial charge in [0.15, 0.2) is 0 Å². The molecule has 1 saturated heterocycles. The van der Waals surface area contributed by atoms with Crippen LogP contribution >= 0.6 is 0 Å². The lowest BCUT2D eigenvalue weighted by Gasteiger charge is -2.25. The van der Waals surface area contributed by atoms with Gasteiger partial charge in [0.05, 0.1) is 36.0 Å². The summed E-state index contributed by atoms with van der Waals surface area (Å²) < 4.78 is 15.1. The standard InChI is InChI=1S/C24H27FN6O/c25-18-7-10-23(27-15-18)29-19-8-9-20(26-16-19)22-6-3-12-30(22)24(32)11-13-31-21-5-2-1-4-17(21)14-28-31/h7-10,14-16,22H,1-6,11-13H2,(H,27,29)/t22-/m0/s1. The van der Waals surface area contributed by atoms with Gasteiger partial charge in [0.2, 0.25) is 5.91 Å². The highest BCUT2D eigenvalue weighted by molar-refractivity contribution is 5.77. The first-order valence-corrected chi connectivity index (χ1v) is 11.3. The van der Waals surface area contributed by atoms with Gasteiger partial charge in [-0.05, 0) is 68.4 Å². The quantitative estimate of drug-likeness (QED) is 0.630. The van der Waals surface area contributed by atoms with Gasteiger partial charge < -0.3 is 10.2 Å². The Balaban J connectivity index is 1.21. The number of hydrogen-bond donors (Lipinski definition) is 1. The summed E-state index contributed by atoms with van der Waals surface area (Å²) in [5.74, 6) is 0.342. The molecule has 0 unspecified atom stereocenters. The van der Waals surface area contributed by atoms with Crippen LogP contribution in [0.4, 0.5) is 15.9 Å². The molecule has 1 amide bonds. The van der Waals surface area contributed by atoms with Gasteiger partial charge in [0, 0.05) is 25.2 Å². The van der Waals surface area contributed by atoms with Crippen LogP contribution in [0.1, 0.15) is 55.1 Å². The first-order chi connectivity index (χ1) is 15.7. The van der Waals surface area contributed by atoms with E-state index in [-0.39, 0.29) is 17.8 Å². The highest BCUT2D eigenvalue weighted by Gasteiger charge is 2.30. The van der Waals surface area contributed by atoms with Crippen molar-refractivity contribution in [2.24, 2.45) is 0 Å². The summed E-state index contributed by atoms with van der Waals surface area (Å²) in [6.45, 7) is 1.40. The van der Waals surface area contributed by atoms with Gasteiger partial charge in [0.25, 0.3) is 0 Å². The fourth-order valence-corrected chi connectivity index (χ4v) is 4.74. The van der Waals surface area contributed by atoms with Crippen molar-refractivity contribution in [1.29, 1.82) is 0 Å². The van der Waals surface area contributed by atoms with Gasteiger partial charge in [-0.1, -0.05) is 0 Å². The molecular formula is C24H27FN6O. The highest BCUT2D eigenvalue weighted by atomic mass is 19.1. The summed E-state index contributed by atoms with van der Waals surface area (Å²) in [4.78, 5) is 23.6. The van der Waals surface area contributed by atoms with Crippen LogP contribution in [-0.4, -0.2) is 37.1 Å². The minimum atomic E-state index is -0.373. The molecule has 0 radical (unpaired) electrons. The minimum Gasteiger partial charge on any atom is -0.339 e. The molecule has 0 bridgehead atoms. The molecule has 3 aromatic heterocycles. The number of rotatable bonds is 6. The number of fused-ring (bicyclic) bond motifs is 1. The van der Waals surface area contributed by atoms with Crippen LogP contribution in [0.2, 0.25) is 0 Å². The molecule has 32 heavy (non-hydrogen) atoms. The van der Waals surface area contributed by atoms with E-state index in [1.54, 1.807) is 12.3 Å². The lowest BCUT2D eigenvalue weighted by atomic mass is 9.98. The van der Waals surface area contributed by atoms with E-state index in [4.69, 9.17) is 0 Å². The van der Waals surface area contributed by atoms with Crippen molar-refractivity contribution < 1.29 is 9.18 Å². The fraction of sp³-hybridized carbons (Fsp3) is 0.417. The molecule has 4 heterocycles. The van der Waals surface area contributed by atoms with Gasteiger partial charge in [-0.25, -0.2) is 9.37 Å². The van der Waals surface area contributed by atoms with Crippen molar-refractivity contribution in [2.75, 3.05) is 11.9 Å². The van der Waals surface area contributed by atoms with Gasteiger partial charge >= 0.3 is 0 Å². The lowest BCUT2D eigenvalue weighted by Crippen LogP contribution is -2.31. The Morgan fingerprint density at radius 3 is 2.78 bits per heavy atom. The zero-order valence-electron chi connectivity index (χ0n) is 18.0. The number of nitrogens with one attached hydrogen (secondary N) is 1. The van der Waals surface area contributed by atoms with E-state index in [1.807, 2.05) is 27.9 Å². The molecule has 1 aliphatic heterocycles. The fourth-order valence-electron chi connectivity index (χ4n) is 4.74. The van der Waals surface area contributed by atoms with E-state index in [0.717, 1.165) is 43.6 Å². The van der Waals surface area contributed by atoms with Crippen LogP contribution < -0.4 is 5.32 Å². The number of likely N-dealkylation sites (tertiary alicyclic amines) is 1. The summed E-state index contributed by atoms with van der Waals surface area (Å²) in [7, 11) is 0. The smallest absolute Gasteiger partial charge is 0.224 e. The van der Waals surface area contributed by atoms with Crippen molar-refractivity contribution in [2.45, 2.75) is 57.5 Å². The van der Waals surface area contributed by atoms with Crippen LogP contribution in [0.5, 0.6) is 0 Å². The first kappa shape index (κ1) is 20.6. The number of amides is 1. The van der Waals surface area contributed by atoms with Crippen molar-refractivity contribution in [3.05, 3.63) is 65.6 Å². The third-order valence-electron chi connectivity index (χ3n) is 6.38. The van der Waals surface area contributed by atoms with E-state index < -0.39 is 0 Å². The largest absolute Gasteiger partial charge is 0.339 e. The number of aromatic nitrogens is 4. The normalized spacial score (nSPS) is 17.9. The van der Waals surface area contributed by atoms with Gasteiger partial charge in [-0.15, -0.1) is 0 Å². The maximum Gasteiger partial charge on any atom is 0.224 e. The minimum absolute atomic E-state index is 0.00651. The Morgan fingerprint density at radius 2 is 1.97 bits per heavy atom. The number of nitrogens with zero attached hydrogens (tertiary/aromatic N) is 5. The summed E-state index contributed by atoms with van der Waals surface area (Å²) >= 11 is 0. The zero-order valence-corrected chi connectivity index (χ0v) is 18.0.